The van der Waals surface area contributed by atoms with Crippen LogP contribution in [0.5, 0.6) is 5.75 Å². The van der Waals surface area contributed by atoms with Crippen molar-refractivity contribution in [3.63, 3.8) is 0 Å². The van der Waals surface area contributed by atoms with Gasteiger partial charge in [0.05, 0.1) is 0 Å². The first-order valence-corrected chi connectivity index (χ1v) is 6.53. The Kier molecular flexibility index (Phi) is 4.77. The molecule has 0 aliphatic carbocycles. The second kappa shape index (κ2) is 6.75. The third-order valence-electron chi connectivity index (χ3n) is 3.04. The van der Waals surface area contributed by atoms with Gasteiger partial charge in [-0.2, -0.15) is 4.39 Å². The molecule has 8 heteroatoms. The molecule has 0 bridgehead atoms. The largest absolute Gasteiger partial charge is 0.476 e. The summed E-state index contributed by atoms with van der Waals surface area (Å²) in [5, 5.41) is 8.81. The number of hydrogen-bond donors (Lipinski definition) is 4. The lowest BCUT2D eigenvalue weighted by Crippen LogP contribution is -2.31. The van der Waals surface area contributed by atoms with Crippen LogP contribution < -0.4 is 21.7 Å². The lowest BCUT2D eigenvalue weighted by molar-refractivity contribution is -0.132. The predicted octanol–water partition coefficient (Wildman–Crippen LogP) is 1.25. The molecular formula is C15H15FN4O3. The van der Waals surface area contributed by atoms with Gasteiger partial charge in [0.1, 0.15) is 5.75 Å². The van der Waals surface area contributed by atoms with Crippen molar-refractivity contribution in [3.05, 3.63) is 59.6 Å². The van der Waals surface area contributed by atoms with Crippen molar-refractivity contribution >= 4 is 5.97 Å². The highest BCUT2D eigenvalue weighted by Crippen LogP contribution is 2.25. The Morgan fingerprint density at radius 1 is 1.26 bits per heavy atom. The summed E-state index contributed by atoms with van der Waals surface area (Å²) in [6.07, 6.45) is 0. The van der Waals surface area contributed by atoms with Gasteiger partial charge in [0, 0.05) is 11.3 Å². The van der Waals surface area contributed by atoms with E-state index in [9.17, 15) is 9.18 Å². The quantitative estimate of drug-likeness (QED) is 0.215. The van der Waals surface area contributed by atoms with Crippen LogP contribution in [0.2, 0.25) is 0 Å². The maximum absolute atomic E-state index is 13.0. The zero-order valence-corrected chi connectivity index (χ0v) is 12.2. The van der Waals surface area contributed by atoms with Crippen LogP contribution in [-0.2, 0) is 4.79 Å². The molecule has 2 rings (SSSR count). The summed E-state index contributed by atoms with van der Waals surface area (Å²) in [7, 11) is 0. The number of hydrazine groups is 1. The first kappa shape index (κ1) is 16.2. The molecule has 0 fully saturated rings. The van der Waals surface area contributed by atoms with E-state index in [-0.39, 0.29) is 5.88 Å². The number of ether oxygens (including phenoxy) is 1. The lowest BCUT2D eigenvalue weighted by Gasteiger charge is -2.11. The molecule has 1 heterocycles. The third-order valence-corrected chi connectivity index (χ3v) is 3.04. The highest BCUT2D eigenvalue weighted by atomic mass is 19.1. The van der Waals surface area contributed by atoms with Crippen molar-refractivity contribution in [1.82, 2.24) is 10.4 Å². The second-order valence-electron chi connectivity index (χ2n) is 4.59. The summed E-state index contributed by atoms with van der Waals surface area (Å²) in [5.74, 6) is 3.35. The Labute approximate surface area is 131 Å². The SMILES string of the molecule is Cc1nc(F)ccc1-c1ccc(O/C(NN)=C(/N)C(=O)O)cc1. The Morgan fingerprint density at radius 2 is 1.91 bits per heavy atom. The van der Waals surface area contributed by atoms with Crippen molar-refractivity contribution in [1.29, 1.82) is 0 Å². The summed E-state index contributed by atoms with van der Waals surface area (Å²) >= 11 is 0. The fourth-order valence-corrected chi connectivity index (χ4v) is 1.92. The molecule has 2 aromatic rings. The molecule has 0 spiro atoms. The average molecular weight is 318 g/mol. The van der Waals surface area contributed by atoms with Crippen LogP contribution in [0.1, 0.15) is 5.69 Å². The molecule has 1 aromatic carbocycles. The molecule has 7 nitrogen and oxygen atoms in total. The molecule has 1 aromatic heterocycles. The van der Waals surface area contributed by atoms with Crippen LogP contribution in [0.15, 0.2) is 48.0 Å². The van der Waals surface area contributed by atoms with Gasteiger partial charge >= 0.3 is 5.97 Å². The van der Waals surface area contributed by atoms with E-state index in [0.717, 1.165) is 11.1 Å². The predicted molar refractivity (Wildman–Crippen MR) is 81.2 cm³/mol. The summed E-state index contributed by atoms with van der Waals surface area (Å²) in [6, 6.07) is 9.56. The molecule has 0 aliphatic heterocycles. The first-order chi connectivity index (χ1) is 10.9. The average Bonchev–Trinajstić information content (AvgIpc) is 2.52. The minimum atomic E-state index is -1.36. The van der Waals surface area contributed by atoms with E-state index in [4.69, 9.17) is 21.4 Å². The Bertz CT molecular complexity index is 760. The molecule has 0 radical (unpaired) electrons. The van der Waals surface area contributed by atoms with Crippen molar-refractivity contribution in [2.75, 3.05) is 0 Å². The van der Waals surface area contributed by atoms with E-state index in [1.54, 1.807) is 37.3 Å². The normalized spacial score (nSPS) is 11.6. The van der Waals surface area contributed by atoms with Crippen molar-refractivity contribution < 1.29 is 19.0 Å². The van der Waals surface area contributed by atoms with Crippen LogP contribution in [0.25, 0.3) is 11.1 Å². The monoisotopic (exact) mass is 318 g/mol. The third kappa shape index (κ3) is 3.74. The van der Waals surface area contributed by atoms with Gasteiger partial charge in [-0.3, -0.25) is 5.43 Å². The molecule has 120 valence electrons. The number of benzene rings is 1. The molecule has 0 aliphatic rings. The summed E-state index contributed by atoms with van der Waals surface area (Å²) in [6.45, 7) is 1.70. The smallest absolute Gasteiger partial charge is 0.357 e. The first-order valence-electron chi connectivity index (χ1n) is 6.53. The van der Waals surface area contributed by atoms with Gasteiger partial charge in [0.15, 0.2) is 5.70 Å². The number of carboxylic acids is 1. The molecular weight excluding hydrogens is 303 g/mol. The van der Waals surface area contributed by atoms with Gasteiger partial charge in [-0.1, -0.05) is 12.1 Å². The van der Waals surface area contributed by atoms with E-state index in [1.807, 2.05) is 0 Å². The number of nitrogens with two attached hydrogens (primary N) is 2. The molecule has 0 saturated heterocycles. The van der Waals surface area contributed by atoms with E-state index in [1.165, 1.54) is 6.07 Å². The second-order valence-corrected chi connectivity index (χ2v) is 4.59. The summed E-state index contributed by atoms with van der Waals surface area (Å²) in [5.41, 5.74) is 9.02. The molecule has 23 heavy (non-hydrogen) atoms. The number of aromatic nitrogens is 1. The minimum Gasteiger partial charge on any atom is -0.476 e. The maximum atomic E-state index is 13.0. The van der Waals surface area contributed by atoms with E-state index in [2.05, 4.69) is 10.4 Å². The number of halogens is 1. The Morgan fingerprint density at radius 3 is 2.43 bits per heavy atom. The van der Waals surface area contributed by atoms with Crippen molar-refractivity contribution in [3.8, 4) is 16.9 Å². The fourth-order valence-electron chi connectivity index (χ4n) is 1.92. The number of pyridine rings is 1. The van der Waals surface area contributed by atoms with Gasteiger partial charge in [-0.05, 0) is 36.8 Å². The topological polar surface area (TPSA) is 123 Å². The van der Waals surface area contributed by atoms with Gasteiger partial charge in [0.25, 0.3) is 0 Å². The number of rotatable bonds is 5. The van der Waals surface area contributed by atoms with Crippen LogP contribution >= 0.6 is 0 Å². The van der Waals surface area contributed by atoms with Crippen LogP contribution in [0.4, 0.5) is 4.39 Å². The maximum Gasteiger partial charge on any atom is 0.357 e. The summed E-state index contributed by atoms with van der Waals surface area (Å²) < 4.78 is 18.3. The van der Waals surface area contributed by atoms with Crippen molar-refractivity contribution in [2.24, 2.45) is 11.6 Å². The van der Waals surface area contributed by atoms with Crippen LogP contribution in [0.3, 0.4) is 0 Å². The Hall–Kier alpha value is -3.13. The molecule has 0 atom stereocenters. The Balaban J connectivity index is 2.26. The van der Waals surface area contributed by atoms with Crippen LogP contribution in [0, 0.1) is 12.9 Å². The number of aryl methyl sites for hydroxylation is 1. The van der Waals surface area contributed by atoms with Gasteiger partial charge in [-0.15, -0.1) is 0 Å². The molecule has 0 unspecified atom stereocenters. The highest BCUT2D eigenvalue weighted by molar-refractivity contribution is 5.85. The number of carboxylic acid groups (broad SMARTS) is 1. The standard InChI is InChI=1S/C15H15FN4O3/c1-8-11(6-7-12(16)19-8)9-2-4-10(5-3-9)23-14(20-18)13(17)15(21)22/h2-7,20H,17-18H2,1H3,(H,21,22)/b14-13+. The number of aliphatic carboxylic acids is 1. The van der Waals surface area contributed by atoms with E-state index < -0.39 is 17.6 Å². The van der Waals surface area contributed by atoms with Gasteiger partial charge in [-0.25, -0.2) is 15.6 Å². The molecule has 0 saturated carbocycles. The minimum absolute atomic E-state index is 0.273. The zero-order valence-electron chi connectivity index (χ0n) is 12.2. The van der Waals surface area contributed by atoms with E-state index in [0.29, 0.717) is 11.4 Å². The van der Waals surface area contributed by atoms with Crippen LogP contribution in [-0.4, -0.2) is 16.1 Å². The number of carbonyl (C=O) groups is 1. The molecule has 6 N–H and O–H groups in total. The number of nitrogens with one attached hydrogen (secondary N) is 1. The van der Waals surface area contributed by atoms with Crippen molar-refractivity contribution in [2.45, 2.75) is 6.92 Å². The fraction of sp³-hybridized carbons (Fsp3) is 0.0667. The summed E-state index contributed by atoms with van der Waals surface area (Å²) in [4.78, 5) is 14.6. The number of hydrogen-bond acceptors (Lipinski definition) is 6. The zero-order chi connectivity index (χ0) is 17.0. The highest BCUT2D eigenvalue weighted by Gasteiger charge is 2.12. The molecule has 0 amide bonds. The number of nitrogens with zero attached hydrogens (tertiary/aromatic N) is 1. The van der Waals surface area contributed by atoms with Gasteiger partial charge in [0.2, 0.25) is 11.8 Å². The lowest BCUT2D eigenvalue weighted by atomic mass is 10.0. The van der Waals surface area contributed by atoms with Gasteiger partial charge < -0.3 is 15.6 Å². The van der Waals surface area contributed by atoms with E-state index >= 15 is 0 Å².